The lowest BCUT2D eigenvalue weighted by molar-refractivity contribution is -0.130. The van der Waals surface area contributed by atoms with Gasteiger partial charge in [0.25, 0.3) is 5.91 Å². The number of carbonyl (C=O) groups excluding carboxylic acids is 2. The number of anilines is 1. The molecular weight excluding hydrogens is 354 g/mol. The van der Waals surface area contributed by atoms with Crippen LogP contribution in [0.25, 0.3) is 0 Å². The zero-order chi connectivity index (χ0) is 20.1. The lowest BCUT2D eigenvalue weighted by Gasteiger charge is -2.34. The predicted octanol–water partition coefficient (Wildman–Crippen LogP) is 2.20. The highest BCUT2D eigenvalue weighted by molar-refractivity contribution is 5.92. The summed E-state index contributed by atoms with van der Waals surface area (Å²) in [7, 11) is 0. The SMILES string of the molecule is CC(=O)N1CCN(C(=O)c2ccnc(N(Cc3ccccc3)C(C)C)n2)CC1. The van der Waals surface area contributed by atoms with E-state index in [4.69, 9.17) is 0 Å². The Bertz CT molecular complexity index is 817. The molecular formula is C21H27N5O2. The smallest absolute Gasteiger partial charge is 0.272 e. The average molecular weight is 381 g/mol. The van der Waals surface area contributed by atoms with Gasteiger partial charge in [-0.2, -0.15) is 0 Å². The minimum Gasteiger partial charge on any atom is -0.339 e. The molecule has 0 spiro atoms. The van der Waals surface area contributed by atoms with Crippen LogP contribution in [0.3, 0.4) is 0 Å². The molecule has 2 amide bonds. The Kier molecular flexibility index (Phi) is 6.23. The Morgan fingerprint density at radius 3 is 2.29 bits per heavy atom. The van der Waals surface area contributed by atoms with Crippen molar-refractivity contribution in [3.63, 3.8) is 0 Å². The van der Waals surface area contributed by atoms with Crippen molar-refractivity contribution in [3.05, 3.63) is 53.9 Å². The van der Waals surface area contributed by atoms with Crippen molar-refractivity contribution in [3.8, 4) is 0 Å². The van der Waals surface area contributed by atoms with Crippen molar-refractivity contribution in [1.82, 2.24) is 19.8 Å². The van der Waals surface area contributed by atoms with E-state index in [1.165, 1.54) is 0 Å². The molecule has 2 aromatic rings. The Balaban J connectivity index is 1.75. The van der Waals surface area contributed by atoms with E-state index in [1.54, 1.807) is 29.0 Å². The predicted molar refractivity (Wildman–Crippen MR) is 108 cm³/mol. The summed E-state index contributed by atoms with van der Waals surface area (Å²) in [5.74, 6) is 0.479. The standard InChI is InChI=1S/C21H27N5O2/c1-16(2)26(15-18-7-5-4-6-8-18)21-22-10-9-19(23-21)20(28)25-13-11-24(12-14-25)17(3)27/h4-10,16H,11-15H2,1-3H3. The number of carbonyl (C=O) groups is 2. The molecule has 3 rings (SSSR count). The van der Waals surface area contributed by atoms with Gasteiger partial charge in [0.1, 0.15) is 5.69 Å². The summed E-state index contributed by atoms with van der Waals surface area (Å²) < 4.78 is 0. The van der Waals surface area contributed by atoms with Gasteiger partial charge in [-0.1, -0.05) is 30.3 Å². The summed E-state index contributed by atoms with van der Waals surface area (Å²) in [6.07, 6.45) is 1.64. The van der Waals surface area contributed by atoms with E-state index in [2.05, 4.69) is 40.8 Å². The summed E-state index contributed by atoms with van der Waals surface area (Å²) >= 11 is 0. The molecule has 7 nitrogen and oxygen atoms in total. The van der Waals surface area contributed by atoms with E-state index in [0.717, 1.165) is 5.56 Å². The molecule has 0 bridgehead atoms. The first-order valence-electron chi connectivity index (χ1n) is 9.64. The maximum atomic E-state index is 12.9. The number of rotatable bonds is 5. The summed E-state index contributed by atoms with van der Waals surface area (Å²) in [6.45, 7) is 8.57. The van der Waals surface area contributed by atoms with E-state index in [0.29, 0.717) is 44.4 Å². The third kappa shape index (κ3) is 4.65. The second-order valence-electron chi connectivity index (χ2n) is 7.25. The van der Waals surface area contributed by atoms with Crippen molar-refractivity contribution >= 4 is 17.8 Å². The van der Waals surface area contributed by atoms with Crippen molar-refractivity contribution < 1.29 is 9.59 Å². The lowest BCUT2D eigenvalue weighted by Crippen LogP contribution is -2.50. The minimum atomic E-state index is -0.115. The Morgan fingerprint density at radius 1 is 1.04 bits per heavy atom. The second-order valence-corrected chi connectivity index (χ2v) is 7.25. The lowest BCUT2D eigenvalue weighted by atomic mass is 10.2. The molecule has 0 N–H and O–H groups in total. The molecule has 1 saturated heterocycles. The third-order valence-electron chi connectivity index (χ3n) is 4.95. The molecule has 2 heterocycles. The van der Waals surface area contributed by atoms with Crippen LogP contribution in [0.5, 0.6) is 0 Å². The van der Waals surface area contributed by atoms with E-state index in [9.17, 15) is 9.59 Å². The molecule has 7 heteroatoms. The maximum absolute atomic E-state index is 12.9. The van der Waals surface area contributed by atoms with Gasteiger partial charge in [-0.05, 0) is 25.5 Å². The first-order valence-corrected chi connectivity index (χ1v) is 9.64. The molecule has 1 aromatic carbocycles. The van der Waals surface area contributed by atoms with E-state index in [-0.39, 0.29) is 17.9 Å². The average Bonchev–Trinajstić information content (AvgIpc) is 2.72. The fraction of sp³-hybridized carbons (Fsp3) is 0.429. The fourth-order valence-electron chi connectivity index (χ4n) is 3.26. The molecule has 1 fully saturated rings. The first kappa shape index (κ1) is 19.8. The number of benzene rings is 1. The van der Waals surface area contributed by atoms with E-state index in [1.807, 2.05) is 18.2 Å². The molecule has 0 saturated carbocycles. The van der Waals surface area contributed by atoms with Crippen molar-refractivity contribution in [1.29, 1.82) is 0 Å². The van der Waals surface area contributed by atoms with E-state index < -0.39 is 0 Å². The Labute approximate surface area is 166 Å². The van der Waals surface area contributed by atoms with Gasteiger partial charge in [0.05, 0.1) is 0 Å². The van der Waals surface area contributed by atoms with Gasteiger partial charge in [0.2, 0.25) is 11.9 Å². The molecule has 1 aliphatic rings. The van der Waals surface area contributed by atoms with Crippen LogP contribution >= 0.6 is 0 Å². The second kappa shape index (κ2) is 8.82. The molecule has 28 heavy (non-hydrogen) atoms. The number of piperazine rings is 1. The molecule has 0 aliphatic carbocycles. The van der Waals surface area contributed by atoms with Gasteiger partial charge in [-0.25, -0.2) is 9.97 Å². The van der Waals surface area contributed by atoms with Gasteiger partial charge in [-0.15, -0.1) is 0 Å². The molecule has 148 valence electrons. The monoisotopic (exact) mass is 381 g/mol. The highest BCUT2D eigenvalue weighted by Gasteiger charge is 2.25. The van der Waals surface area contributed by atoms with Crippen LogP contribution in [0, 0.1) is 0 Å². The fourth-order valence-corrected chi connectivity index (χ4v) is 3.26. The van der Waals surface area contributed by atoms with Crippen molar-refractivity contribution in [2.24, 2.45) is 0 Å². The summed E-state index contributed by atoms with van der Waals surface area (Å²) in [6, 6.07) is 12.0. The molecule has 0 atom stereocenters. The van der Waals surface area contributed by atoms with Crippen LogP contribution in [0.1, 0.15) is 36.8 Å². The number of amides is 2. The van der Waals surface area contributed by atoms with E-state index >= 15 is 0 Å². The highest BCUT2D eigenvalue weighted by Crippen LogP contribution is 2.17. The topological polar surface area (TPSA) is 69.6 Å². The van der Waals surface area contributed by atoms with Crippen LogP contribution in [-0.4, -0.2) is 63.8 Å². The molecule has 1 aliphatic heterocycles. The van der Waals surface area contributed by atoms with Gasteiger partial charge < -0.3 is 14.7 Å². The van der Waals surface area contributed by atoms with Gasteiger partial charge in [0, 0.05) is 51.9 Å². The quantitative estimate of drug-likeness (QED) is 0.794. The van der Waals surface area contributed by atoms with Crippen LogP contribution in [-0.2, 0) is 11.3 Å². The number of nitrogens with zero attached hydrogens (tertiary/aromatic N) is 5. The van der Waals surface area contributed by atoms with Crippen molar-refractivity contribution in [2.75, 3.05) is 31.1 Å². The minimum absolute atomic E-state index is 0.0462. The zero-order valence-corrected chi connectivity index (χ0v) is 16.7. The molecule has 1 aromatic heterocycles. The van der Waals surface area contributed by atoms with Crippen LogP contribution in [0.4, 0.5) is 5.95 Å². The number of aromatic nitrogens is 2. The van der Waals surface area contributed by atoms with Gasteiger partial charge in [-0.3, -0.25) is 9.59 Å². The third-order valence-corrected chi connectivity index (χ3v) is 4.95. The largest absolute Gasteiger partial charge is 0.339 e. The first-order chi connectivity index (χ1) is 13.5. The number of hydrogen-bond acceptors (Lipinski definition) is 5. The van der Waals surface area contributed by atoms with Crippen molar-refractivity contribution in [2.45, 2.75) is 33.4 Å². The van der Waals surface area contributed by atoms with Crippen LogP contribution in [0.15, 0.2) is 42.6 Å². The summed E-state index contributed by atoms with van der Waals surface area (Å²) in [5.41, 5.74) is 1.55. The number of hydrogen-bond donors (Lipinski definition) is 0. The van der Waals surface area contributed by atoms with Gasteiger partial charge in [0.15, 0.2) is 0 Å². The Hall–Kier alpha value is -2.96. The molecule has 0 unspecified atom stereocenters. The normalized spacial score (nSPS) is 14.3. The summed E-state index contributed by atoms with van der Waals surface area (Å²) in [4.78, 5) is 38.9. The maximum Gasteiger partial charge on any atom is 0.272 e. The van der Waals surface area contributed by atoms with Gasteiger partial charge >= 0.3 is 0 Å². The highest BCUT2D eigenvalue weighted by atomic mass is 16.2. The molecule has 0 radical (unpaired) electrons. The summed E-state index contributed by atoms with van der Waals surface area (Å²) in [5, 5.41) is 0. The Morgan fingerprint density at radius 2 is 1.68 bits per heavy atom. The zero-order valence-electron chi connectivity index (χ0n) is 16.7. The van der Waals surface area contributed by atoms with Crippen LogP contribution < -0.4 is 4.90 Å². The van der Waals surface area contributed by atoms with Crippen LogP contribution in [0.2, 0.25) is 0 Å².